The van der Waals surface area contributed by atoms with Crippen molar-refractivity contribution in [3.63, 3.8) is 0 Å². The third kappa shape index (κ3) is 1.91. The summed E-state index contributed by atoms with van der Waals surface area (Å²) in [4.78, 5) is 0. The lowest BCUT2D eigenvalue weighted by molar-refractivity contribution is 0.487. The third-order valence-corrected chi connectivity index (χ3v) is 3.43. The van der Waals surface area contributed by atoms with Crippen LogP contribution in [-0.2, 0) is 0 Å². The molecule has 0 radical (unpaired) electrons. The van der Waals surface area contributed by atoms with E-state index in [1.807, 2.05) is 19.2 Å². The van der Waals surface area contributed by atoms with Crippen molar-refractivity contribution < 1.29 is 4.42 Å². The summed E-state index contributed by atoms with van der Waals surface area (Å²) < 4.78 is 14.2. The van der Waals surface area contributed by atoms with E-state index in [-0.39, 0.29) is 6.04 Å². The molecule has 18 heavy (non-hydrogen) atoms. The van der Waals surface area contributed by atoms with Crippen molar-refractivity contribution in [2.45, 2.75) is 13.0 Å². The van der Waals surface area contributed by atoms with Gasteiger partial charge in [0.05, 0.1) is 23.6 Å². The fraction of sp³-hybridized carbons (Fsp3) is 0.231. The van der Waals surface area contributed by atoms with Gasteiger partial charge in [-0.25, -0.2) is 0 Å². The summed E-state index contributed by atoms with van der Waals surface area (Å²) in [6.45, 7) is 2.08. The predicted molar refractivity (Wildman–Crippen MR) is 71.8 cm³/mol. The van der Waals surface area contributed by atoms with Crippen LogP contribution in [0.2, 0.25) is 0 Å². The Balaban J connectivity index is 2.07. The van der Waals surface area contributed by atoms with Crippen molar-refractivity contribution in [2.24, 2.45) is 0 Å². The zero-order valence-corrected chi connectivity index (χ0v) is 11.0. The lowest BCUT2D eigenvalue weighted by Crippen LogP contribution is -2.17. The SMILES string of the molecule is CNC(c1cnsn1)c1cc2cc(C)ccc2o1. The van der Waals surface area contributed by atoms with Crippen molar-refractivity contribution in [1.29, 1.82) is 0 Å². The maximum Gasteiger partial charge on any atom is 0.134 e. The summed E-state index contributed by atoms with van der Waals surface area (Å²) in [6, 6.07) is 8.18. The molecule has 0 aliphatic heterocycles. The Morgan fingerprint density at radius 2 is 2.22 bits per heavy atom. The van der Waals surface area contributed by atoms with Gasteiger partial charge in [-0.05, 0) is 32.2 Å². The Labute approximate surface area is 109 Å². The molecule has 3 rings (SSSR count). The van der Waals surface area contributed by atoms with Crippen LogP contribution in [0.25, 0.3) is 11.0 Å². The third-order valence-electron chi connectivity index (χ3n) is 2.94. The molecule has 0 bridgehead atoms. The molecule has 0 amide bonds. The Morgan fingerprint density at radius 1 is 1.33 bits per heavy atom. The zero-order chi connectivity index (χ0) is 12.5. The average molecular weight is 259 g/mol. The van der Waals surface area contributed by atoms with Crippen LogP contribution in [0.5, 0.6) is 0 Å². The number of benzene rings is 1. The summed E-state index contributed by atoms with van der Waals surface area (Å²) in [5.74, 6) is 0.866. The highest BCUT2D eigenvalue weighted by atomic mass is 32.1. The summed E-state index contributed by atoms with van der Waals surface area (Å²) >= 11 is 1.21. The van der Waals surface area contributed by atoms with Gasteiger partial charge in [-0.3, -0.25) is 0 Å². The maximum absolute atomic E-state index is 5.87. The number of fused-ring (bicyclic) bond motifs is 1. The van der Waals surface area contributed by atoms with Crippen molar-refractivity contribution in [3.05, 3.63) is 47.5 Å². The molecule has 0 saturated carbocycles. The van der Waals surface area contributed by atoms with Crippen molar-refractivity contribution in [3.8, 4) is 0 Å². The van der Waals surface area contributed by atoms with Crippen LogP contribution in [0.1, 0.15) is 23.1 Å². The number of rotatable bonds is 3. The second kappa shape index (κ2) is 4.51. The standard InChI is InChI=1S/C13H13N3OS/c1-8-3-4-11-9(5-8)6-12(17-11)13(14-2)10-7-15-18-16-10/h3-7,13-14H,1-2H3. The summed E-state index contributed by atoms with van der Waals surface area (Å²) in [6.07, 6.45) is 1.77. The molecule has 92 valence electrons. The molecule has 2 aromatic heterocycles. The number of nitrogens with zero attached hydrogens (tertiary/aromatic N) is 2. The van der Waals surface area contributed by atoms with E-state index in [2.05, 4.69) is 33.1 Å². The van der Waals surface area contributed by atoms with Gasteiger partial charge in [0, 0.05) is 5.39 Å². The van der Waals surface area contributed by atoms with Crippen LogP contribution in [0.4, 0.5) is 0 Å². The lowest BCUT2D eigenvalue weighted by atomic mass is 10.1. The lowest BCUT2D eigenvalue weighted by Gasteiger charge is -2.09. The second-order valence-corrected chi connectivity index (χ2v) is 4.80. The molecule has 0 spiro atoms. The molecule has 4 nitrogen and oxygen atoms in total. The minimum Gasteiger partial charge on any atom is -0.459 e. The van der Waals surface area contributed by atoms with Gasteiger partial charge < -0.3 is 9.73 Å². The molecule has 5 heteroatoms. The fourth-order valence-corrected chi connectivity index (χ4v) is 2.51. The first-order valence-electron chi connectivity index (χ1n) is 5.73. The van der Waals surface area contributed by atoms with Crippen LogP contribution in [-0.4, -0.2) is 15.8 Å². The highest BCUT2D eigenvalue weighted by Crippen LogP contribution is 2.27. The molecule has 1 atom stereocenters. The monoisotopic (exact) mass is 259 g/mol. The first kappa shape index (κ1) is 11.4. The summed E-state index contributed by atoms with van der Waals surface area (Å²) in [7, 11) is 1.89. The Kier molecular flexibility index (Phi) is 2.85. The minimum atomic E-state index is -0.0449. The van der Waals surface area contributed by atoms with Crippen molar-refractivity contribution in [1.82, 2.24) is 14.1 Å². The molecule has 1 aromatic carbocycles. The number of furan rings is 1. The molecule has 3 aromatic rings. The van der Waals surface area contributed by atoms with Gasteiger partial charge >= 0.3 is 0 Å². The zero-order valence-electron chi connectivity index (χ0n) is 10.2. The first-order valence-corrected chi connectivity index (χ1v) is 6.46. The van der Waals surface area contributed by atoms with Gasteiger partial charge in [0.25, 0.3) is 0 Å². The van der Waals surface area contributed by atoms with Gasteiger partial charge in [-0.2, -0.15) is 8.75 Å². The molecule has 1 N–H and O–H groups in total. The highest BCUT2D eigenvalue weighted by Gasteiger charge is 2.19. The molecule has 0 fully saturated rings. The van der Waals surface area contributed by atoms with E-state index in [1.54, 1.807) is 6.20 Å². The Morgan fingerprint density at radius 3 is 2.94 bits per heavy atom. The molecular weight excluding hydrogens is 246 g/mol. The second-order valence-electron chi connectivity index (χ2n) is 4.24. The van der Waals surface area contributed by atoms with Gasteiger partial charge in [0.2, 0.25) is 0 Å². The fourth-order valence-electron chi connectivity index (χ4n) is 2.06. The van der Waals surface area contributed by atoms with Gasteiger partial charge in [-0.15, -0.1) is 0 Å². The summed E-state index contributed by atoms with van der Waals surface area (Å²) in [5, 5.41) is 4.33. The number of hydrogen-bond donors (Lipinski definition) is 1. The van der Waals surface area contributed by atoms with E-state index < -0.39 is 0 Å². The number of aromatic nitrogens is 2. The smallest absolute Gasteiger partial charge is 0.134 e. The van der Waals surface area contributed by atoms with Crippen molar-refractivity contribution >= 4 is 22.7 Å². The van der Waals surface area contributed by atoms with Crippen LogP contribution in [0.15, 0.2) is 34.9 Å². The first-order chi connectivity index (χ1) is 8.78. The molecule has 1 unspecified atom stereocenters. The molecule has 0 saturated heterocycles. The number of nitrogens with one attached hydrogen (secondary N) is 1. The normalized spacial score (nSPS) is 13.0. The molecule has 2 heterocycles. The molecule has 0 aliphatic rings. The number of hydrogen-bond acceptors (Lipinski definition) is 5. The Bertz CT molecular complexity index is 660. The minimum absolute atomic E-state index is 0.0449. The van der Waals surface area contributed by atoms with Crippen LogP contribution in [0.3, 0.4) is 0 Å². The van der Waals surface area contributed by atoms with Crippen LogP contribution < -0.4 is 5.32 Å². The Hall–Kier alpha value is -1.72. The molecule has 0 aliphatic carbocycles. The average Bonchev–Trinajstić information content (AvgIpc) is 2.98. The topological polar surface area (TPSA) is 51.0 Å². The van der Waals surface area contributed by atoms with Gasteiger partial charge in [0.15, 0.2) is 0 Å². The maximum atomic E-state index is 5.87. The van der Waals surface area contributed by atoms with E-state index in [9.17, 15) is 0 Å². The van der Waals surface area contributed by atoms with Gasteiger partial charge in [-0.1, -0.05) is 11.6 Å². The van der Waals surface area contributed by atoms with E-state index >= 15 is 0 Å². The van der Waals surface area contributed by atoms with Crippen LogP contribution >= 0.6 is 11.7 Å². The quantitative estimate of drug-likeness (QED) is 0.785. The molecular formula is C13H13N3OS. The van der Waals surface area contributed by atoms with E-state index in [0.29, 0.717) is 0 Å². The summed E-state index contributed by atoms with van der Waals surface area (Å²) in [5.41, 5.74) is 3.02. The van der Waals surface area contributed by atoms with Crippen molar-refractivity contribution in [2.75, 3.05) is 7.05 Å². The van der Waals surface area contributed by atoms with Gasteiger partial charge in [0.1, 0.15) is 17.4 Å². The largest absolute Gasteiger partial charge is 0.459 e. The van der Waals surface area contributed by atoms with E-state index in [0.717, 1.165) is 22.4 Å². The van der Waals surface area contributed by atoms with E-state index in [1.165, 1.54) is 17.3 Å². The van der Waals surface area contributed by atoms with E-state index in [4.69, 9.17) is 4.42 Å². The van der Waals surface area contributed by atoms with Crippen LogP contribution in [0, 0.1) is 6.92 Å². The predicted octanol–water partition coefficient (Wildman–Crippen LogP) is 2.90. The number of aryl methyl sites for hydroxylation is 1. The highest BCUT2D eigenvalue weighted by molar-refractivity contribution is 6.99.